The average Bonchev–Trinajstić information content (AvgIpc) is 3.00. The molecule has 2 aromatic carbocycles. The van der Waals surface area contributed by atoms with E-state index in [0.717, 1.165) is 24.0 Å². The van der Waals surface area contributed by atoms with Gasteiger partial charge in [0.1, 0.15) is 18.3 Å². The minimum absolute atomic E-state index is 0.0429. The molecule has 0 bridgehead atoms. The summed E-state index contributed by atoms with van der Waals surface area (Å²) < 4.78 is 55.4. The highest BCUT2D eigenvalue weighted by molar-refractivity contribution is 7.48. The Kier molecular flexibility index (Phi) is 15.0. The first kappa shape index (κ1) is 36.3. The highest BCUT2D eigenvalue weighted by Crippen LogP contribution is 2.52. The van der Waals surface area contributed by atoms with Crippen molar-refractivity contribution in [3.05, 3.63) is 71.8 Å². The van der Waals surface area contributed by atoms with Gasteiger partial charge in [-0.25, -0.2) is 4.57 Å². The normalized spacial score (nSPS) is 22.5. The molecule has 1 saturated heterocycles. The van der Waals surface area contributed by atoms with E-state index in [0.29, 0.717) is 12.8 Å². The Morgan fingerprint density at radius 3 is 1.93 bits per heavy atom. The first-order valence-electron chi connectivity index (χ1n) is 15.5. The molecule has 0 amide bonds. The van der Waals surface area contributed by atoms with E-state index in [1.807, 2.05) is 74.5 Å². The molecule has 0 saturated carbocycles. The number of rotatable bonds is 18. The van der Waals surface area contributed by atoms with Crippen LogP contribution >= 0.6 is 7.82 Å². The number of ether oxygens (including phenoxy) is 4. The summed E-state index contributed by atoms with van der Waals surface area (Å²) in [6.45, 7) is 9.69. The Morgan fingerprint density at radius 1 is 0.864 bits per heavy atom. The van der Waals surface area contributed by atoms with Gasteiger partial charge in [0.15, 0.2) is 6.10 Å². The Labute approximate surface area is 261 Å². The zero-order valence-corrected chi connectivity index (χ0v) is 27.5. The van der Waals surface area contributed by atoms with E-state index in [1.165, 1.54) is 0 Å². The third-order valence-electron chi connectivity index (χ3n) is 6.88. The second-order valence-corrected chi connectivity index (χ2v) is 13.5. The van der Waals surface area contributed by atoms with Crippen LogP contribution in [0.2, 0.25) is 0 Å². The van der Waals surface area contributed by atoms with Crippen molar-refractivity contribution in [1.29, 1.82) is 0 Å². The van der Waals surface area contributed by atoms with Crippen molar-refractivity contribution in [2.24, 2.45) is 5.41 Å². The van der Waals surface area contributed by atoms with Gasteiger partial charge in [0.05, 0.1) is 38.4 Å². The van der Waals surface area contributed by atoms with Crippen LogP contribution in [0.15, 0.2) is 60.7 Å². The summed E-state index contributed by atoms with van der Waals surface area (Å²) in [6, 6.07) is 19.0. The van der Waals surface area contributed by atoms with Crippen LogP contribution in [-0.4, -0.2) is 61.6 Å². The third-order valence-corrected chi connectivity index (χ3v) is 8.34. The molecule has 1 aliphatic heterocycles. The van der Waals surface area contributed by atoms with Crippen molar-refractivity contribution in [1.82, 2.24) is 0 Å². The van der Waals surface area contributed by atoms with Gasteiger partial charge in [0, 0.05) is 0 Å². The summed E-state index contributed by atoms with van der Waals surface area (Å²) in [6.07, 6.45) is -3.25. The number of unbranched alkanes of at least 4 members (excludes halogenated alkanes) is 2. The molecule has 1 aliphatic rings. The molecule has 3 rings (SSSR count). The van der Waals surface area contributed by atoms with E-state index in [9.17, 15) is 14.5 Å². The Bertz CT molecular complexity index is 1130. The standard InChI is InChI=1S/C33H49O10P/c1-6-8-20-39-44(36,40-21-9-7-2)43-31-30(42-32(35)33(3,4)5)29(38-23-26-18-14-11-15-19-26)28(34)27(41-31)24-37-22-25-16-12-10-13-17-25/h10-19,27-31,34H,6-9,20-24H2,1-5H3/t27-,28-,29+,30-,31+/m1/s1. The number of benzene rings is 2. The quantitative estimate of drug-likeness (QED) is 0.109. The van der Waals surface area contributed by atoms with E-state index in [4.69, 9.17) is 32.5 Å². The first-order valence-corrected chi connectivity index (χ1v) is 16.9. The molecule has 1 fully saturated rings. The maximum absolute atomic E-state index is 13.9. The SMILES string of the molecule is CCCCOP(=O)(OCCCC)O[C@@H]1O[C@H](COCc2ccccc2)[C@@H](O)[C@H](OCc2ccccc2)[C@H]1OC(=O)C(C)(C)C. The van der Waals surface area contributed by atoms with Crippen molar-refractivity contribution in [2.75, 3.05) is 19.8 Å². The second kappa shape index (κ2) is 18.1. The highest BCUT2D eigenvalue weighted by atomic mass is 31.2. The van der Waals surface area contributed by atoms with Gasteiger partial charge < -0.3 is 24.1 Å². The molecule has 0 unspecified atom stereocenters. The molecule has 1 N–H and O–H groups in total. The molecule has 2 aromatic rings. The van der Waals surface area contributed by atoms with Crippen LogP contribution in [0.5, 0.6) is 0 Å². The monoisotopic (exact) mass is 636 g/mol. The number of hydrogen-bond acceptors (Lipinski definition) is 10. The fraction of sp³-hybridized carbons (Fsp3) is 0.606. The van der Waals surface area contributed by atoms with Crippen LogP contribution in [0, 0.1) is 5.41 Å². The van der Waals surface area contributed by atoms with Gasteiger partial charge in [0.2, 0.25) is 6.29 Å². The minimum atomic E-state index is -4.19. The number of phosphoric ester groups is 1. The molecule has 10 nitrogen and oxygen atoms in total. The first-order chi connectivity index (χ1) is 21.1. The smallest absolute Gasteiger partial charge is 0.454 e. The summed E-state index contributed by atoms with van der Waals surface area (Å²) in [4.78, 5) is 13.2. The van der Waals surface area contributed by atoms with Crippen molar-refractivity contribution in [3.63, 3.8) is 0 Å². The largest absolute Gasteiger partial charge is 0.477 e. The predicted octanol–water partition coefficient (Wildman–Crippen LogP) is 6.59. The number of esters is 1. The van der Waals surface area contributed by atoms with Crippen LogP contribution < -0.4 is 0 Å². The lowest BCUT2D eigenvalue weighted by Crippen LogP contribution is -2.61. The maximum Gasteiger partial charge on any atom is 0.477 e. The summed E-state index contributed by atoms with van der Waals surface area (Å²) in [5, 5.41) is 11.5. The molecule has 1 heterocycles. The third kappa shape index (κ3) is 11.7. The van der Waals surface area contributed by atoms with Gasteiger partial charge in [0.25, 0.3) is 0 Å². The highest BCUT2D eigenvalue weighted by Gasteiger charge is 2.52. The van der Waals surface area contributed by atoms with Crippen molar-refractivity contribution >= 4 is 13.8 Å². The number of hydrogen-bond donors (Lipinski definition) is 1. The molecule has 11 heteroatoms. The minimum Gasteiger partial charge on any atom is -0.454 e. The topological polar surface area (TPSA) is 119 Å². The molecular weight excluding hydrogens is 587 g/mol. The van der Waals surface area contributed by atoms with Gasteiger partial charge in [-0.2, -0.15) is 0 Å². The summed E-state index contributed by atoms with van der Waals surface area (Å²) in [5.41, 5.74) is 0.893. The van der Waals surface area contributed by atoms with Crippen LogP contribution in [0.3, 0.4) is 0 Å². The average molecular weight is 637 g/mol. The number of aliphatic hydroxyl groups is 1. The van der Waals surface area contributed by atoms with Crippen LogP contribution in [0.4, 0.5) is 0 Å². The van der Waals surface area contributed by atoms with E-state index < -0.39 is 49.9 Å². The fourth-order valence-electron chi connectivity index (χ4n) is 4.23. The van der Waals surface area contributed by atoms with Gasteiger partial charge in [-0.15, -0.1) is 0 Å². The van der Waals surface area contributed by atoms with Gasteiger partial charge in [-0.05, 0) is 44.7 Å². The lowest BCUT2D eigenvalue weighted by Gasteiger charge is -2.44. The van der Waals surface area contributed by atoms with E-state index >= 15 is 0 Å². The Balaban J connectivity index is 1.92. The van der Waals surface area contributed by atoms with Gasteiger partial charge in [-0.3, -0.25) is 18.4 Å². The molecule has 0 spiro atoms. The lowest BCUT2D eigenvalue weighted by molar-refractivity contribution is -0.298. The van der Waals surface area contributed by atoms with Gasteiger partial charge in [-0.1, -0.05) is 87.4 Å². The predicted molar refractivity (Wildman–Crippen MR) is 166 cm³/mol. The van der Waals surface area contributed by atoms with Crippen molar-refractivity contribution in [2.45, 2.75) is 104 Å². The number of phosphoric acid groups is 1. The Hall–Kier alpha value is -2.14. The maximum atomic E-state index is 13.9. The molecule has 246 valence electrons. The van der Waals surface area contributed by atoms with Gasteiger partial charge >= 0.3 is 13.8 Å². The fourth-order valence-corrected chi connectivity index (χ4v) is 5.56. The zero-order chi connectivity index (χ0) is 32.0. The summed E-state index contributed by atoms with van der Waals surface area (Å²) >= 11 is 0. The molecule has 0 aliphatic carbocycles. The van der Waals surface area contributed by atoms with Crippen molar-refractivity contribution in [3.8, 4) is 0 Å². The second-order valence-electron chi connectivity index (χ2n) is 11.8. The van der Waals surface area contributed by atoms with Crippen LogP contribution in [0.1, 0.15) is 71.4 Å². The van der Waals surface area contributed by atoms with Crippen LogP contribution in [-0.2, 0) is 55.1 Å². The summed E-state index contributed by atoms with van der Waals surface area (Å²) in [7, 11) is -4.19. The molecule has 44 heavy (non-hydrogen) atoms. The van der Waals surface area contributed by atoms with Crippen molar-refractivity contribution < 1.29 is 47.0 Å². The van der Waals surface area contributed by atoms with E-state index in [1.54, 1.807) is 20.8 Å². The number of carbonyl (C=O) groups is 1. The Morgan fingerprint density at radius 2 is 1.41 bits per heavy atom. The lowest BCUT2D eigenvalue weighted by atomic mass is 9.95. The molecule has 0 radical (unpaired) electrons. The molecule has 0 aromatic heterocycles. The summed E-state index contributed by atoms with van der Waals surface area (Å²) in [5.74, 6) is -0.576. The number of carbonyl (C=O) groups excluding carboxylic acids is 1. The molecule has 5 atom stereocenters. The zero-order valence-electron chi connectivity index (χ0n) is 26.6. The van der Waals surface area contributed by atoms with Crippen LogP contribution in [0.25, 0.3) is 0 Å². The molecular formula is C33H49O10P. The van der Waals surface area contributed by atoms with E-state index in [-0.39, 0.29) is 33.0 Å². The van der Waals surface area contributed by atoms with E-state index in [2.05, 4.69) is 0 Å². The number of aliphatic hydroxyl groups excluding tert-OH is 1.